The number of methoxy groups -OCH3 is 2. The molecule has 110 valence electrons. The number of Topliss-reactive ketones (excluding diaryl/α,β-unsaturated/α-hetero) is 2. The smallest absolute Gasteiger partial charge is 0.190 e. The Morgan fingerprint density at radius 1 is 1.19 bits per heavy atom. The maximum Gasteiger partial charge on any atom is 0.190 e. The molecule has 1 aromatic carbocycles. The third-order valence-electron chi connectivity index (χ3n) is 3.02. The average molecular weight is 288 g/mol. The van der Waals surface area contributed by atoms with Gasteiger partial charge in [-0.05, 0) is 18.2 Å². The number of nitrogens with zero attached hydrogens (tertiary/aromatic N) is 2. The second-order valence-corrected chi connectivity index (χ2v) is 4.51. The molecule has 1 heterocycles. The van der Waals surface area contributed by atoms with Crippen LogP contribution in [0.4, 0.5) is 0 Å². The first-order valence-electron chi connectivity index (χ1n) is 6.31. The normalized spacial score (nSPS) is 10.2. The number of rotatable bonds is 6. The van der Waals surface area contributed by atoms with Crippen molar-refractivity contribution in [1.29, 1.82) is 0 Å². The van der Waals surface area contributed by atoms with Gasteiger partial charge in [0.1, 0.15) is 17.2 Å². The highest BCUT2D eigenvalue weighted by molar-refractivity contribution is 6.13. The first-order valence-corrected chi connectivity index (χ1v) is 6.31. The zero-order chi connectivity index (χ0) is 15.4. The molecule has 0 amide bonds. The predicted octanol–water partition coefficient (Wildman–Crippen LogP) is 1.89. The van der Waals surface area contributed by atoms with Crippen LogP contribution < -0.4 is 9.47 Å². The van der Waals surface area contributed by atoms with Crippen LogP contribution in [0.15, 0.2) is 30.7 Å². The summed E-state index contributed by atoms with van der Waals surface area (Å²) in [4.78, 5) is 28.3. The number of hydrogen-bond acceptors (Lipinski definition) is 5. The van der Waals surface area contributed by atoms with E-state index in [-0.39, 0.29) is 23.7 Å². The summed E-state index contributed by atoms with van der Waals surface area (Å²) in [6, 6.07) is 4.89. The van der Waals surface area contributed by atoms with E-state index in [1.165, 1.54) is 20.5 Å². The fourth-order valence-electron chi connectivity index (χ4n) is 1.92. The number of hydrogen-bond donors (Lipinski definition) is 0. The number of ether oxygens (including phenoxy) is 2. The van der Waals surface area contributed by atoms with Gasteiger partial charge in [0, 0.05) is 13.2 Å². The van der Waals surface area contributed by atoms with E-state index in [2.05, 4.69) is 4.98 Å². The van der Waals surface area contributed by atoms with Crippen molar-refractivity contribution in [3.63, 3.8) is 0 Å². The molecule has 0 radical (unpaired) electrons. The highest BCUT2D eigenvalue weighted by Gasteiger charge is 2.19. The van der Waals surface area contributed by atoms with Crippen LogP contribution in [0.2, 0.25) is 0 Å². The van der Waals surface area contributed by atoms with E-state index < -0.39 is 0 Å². The summed E-state index contributed by atoms with van der Waals surface area (Å²) in [5.74, 6) is 0.283. The first-order chi connectivity index (χ1) is 10.0. The zero-order valence-corrected chi connectivity index (χ0v) is 12.1. The molecular weight excluding hydrogens is 272 g/mol. The van der Waals surface area contributed by atoms with Crippen molar-refractivity contribution < 1.29 is 19.1 Å². The summed E-state index contributed by atoms with van der Waals surface area (Å²) < 4.78 is 11.9. The van der Waals surface area contributed by atoms with Gasteiger partial charge in [0.05, 0.1) is 32.5 Å². The number of aryl methyl sites for hydroxylation is 1. The molecule has 0 saturated heterocycles. The molecule has 0 saturated carbocycles. The van der Waals surface area contributed by atoms with Crippen LogP contribution in [0.3, 0.4) is 0 Å². The maximum absolute atomic E-state index is 12.3. The summed E-state index contributed by atoms with van der Waals surface area (Å²) in [5, 5.41) is 0. The SMILES string of the molecule is COc1ccc(OC)c(C(=O)CC(=O)c2cn(C)cn2)c1. The van der Waals surface area contributed by atoms with Crippen LogP contribution in [0, 0.1) is 0 Å². The minimum Gasteiger partial charge on any atom is -0.497 e. The molecule has 21 heavy (non-hydrogen) atoms. The van der Waals surface area contributed by atoms with E-state index >= 15 is 0 Å². The van der Waals surface area contributed by atoms with Gasteiger partial charge in [-0.25, -0.2) is 4.98 Å². The van der Waals surface area contributed by atoms with E-state index in [0.717, 1.165) is 0 Å². The minimum atomic E-state index is -0.332. The highest BCUT2D eigenvalue weighted by Crippen LogP contribution is 2.25. The van der Waals surface area contributed by atoms with Gasteiger partial charge < -0.3 is 14.0 Å². The van der Waals surface area contributed by atoms with Crippen molar-refractivity contribution in [2.24, 2.45) is 7.05 Å². The molecule has 0 aliphatic carbocycles. The van der Waals surface area contributed by atoms with Crippen molar-refractivity contribution in [2.75, 3.05) is 14.2 Å². The lowest BCUT2D eigenvalue weighted by Crippen LogP contribution is -2.10. The molecule has 6 nitrogen and oxygen atoms in total. The molecule has 0 aliphatic rings. The summed E-state index contributed by atoms with van der Waals surface area (Å²) in [6.07, 6.45) is 2.84. The van der Waals surface area contributed by atoms with Gasteiger partial charge in [-0.15, -0.1) is 0 Å². The maximum atomic E-state index is 12.3. The van der Waals surface area contributed by atoms with Gasteiger partial charge >= 0.3 is 0 Å². The molecule has 0 unspecified atom stereocenters. The number of carbonyl (C=O) groups is 2. The fourth-order valence-corrected chi connectivity index (χ4v) is 1.92. The summed E-state index contributed by atoms with van der Waals surface area (Å²) in [7, 11) is 4.74. The molecule has 6 heteroatoms. The molecule has 0 N–H and O–H groups in total. The van der Waals surface area contributed by atoms with Crippen LogP contribution in [-0.2, 0) is 7.05 Å². The van der Waals surface area contributed by atoms with Crippen LogP contribution in [0.1, 0.15) is 27.3 Å². The Bertz CT molecular complexity index is 676. The Labute approximate surface area is 122 Å². The minimum absolute atomic E-state index is 0.263. The van der Waals surface area contributed by atoms with Gasteiger partial charge in [0.25, 0.3) is 0 Å². The summed E-state index contributed by atoms with van der Waals surface area (Å²) >= 11 is 0. The Kier molecular flexibility index (Phi) is 4.37. The van der Waals surface area contributed by atoms with Gasteiger partial charge in [-0.2, -0.15) is 0 Å². The van der Waals surface area contributed by atoms with Gasteiger partial charge in [0.15, 0.2) is 11.6 Å². The third kappa shape index (κ3) is 3.28. The number of aromatic nitrogens is 2. The van der Waals surface area contributed by atoms with E-state index in [0.29, 0.717) is 17.1 Å². The lowest BCUT2D eigenvalue weighted by molar-refractivity contribution is 0.0890. The van der Waals surface area contributed by atoms with Crippen LogP contribution in [-0.4, -0.2) is 35.3 Å². The lowest BCUT2D eigenvalue weighted by atomic mass is 10.0. The number of imidazole rings is 1. The van der Waals surface area contributed by atoms with Crippen LogP contribution in [0.25, 0.3) is 0 Å². The molecule has 0 fully saturated rings. The molecule has 0 spiro atoms. The van der Waals surface area contributed by atoms with Crippen molar-refractivity contribution in [3.05, 3.63) is 42.0 Å². The third-order valence-corrected chi connectivity index (χ3v) is 3.02. The standard InChI is InChI=1S/C15H16N2O4/c1-17-8-12(16-9-17)14(19)7-13(18)11-6-10(20-2)4-5-15(11)21-3/h4-6,8-9H,7H2,1-3H3. The van der Waals surface area contributed by atoms with Crippen LogP contribution >= 0.6 is 0 Å². The van der Waals surface area contributed by atoms with Gasteiger partial charge in [-0.3, -0.25) is 9.59 Å². The number of carbonyl (C=O) groups excluding carboxylic acids is 2. The number of ketones is 2. The monoisotopic (exact) mass is 288 g/mol. The molecule has 0 atom stereocenters. The Morgan fingerprint density at radius 2 is 1.95 bits per heavy atom. The molecule has 0 bridgehead atoms. The lowest BCUT2D eigenvalue weighted by Gasteiger charge is -2.09. The largest absolute Gasteiger partial charge is 0.497 e. The molecule has 2 aromatic rings. The van der Waals surface area contributed by atoms with Gasteiger partial charge in [0.2, 0.25) is 0 Å². The molecular formula is C15H16N2O4. The van der Waals surface area contributed by atoms with E-state index in [4.69, 9.17) is 9.47 Å². The van der Waals surface area contributed by atoms with E-state index in [1.807, 2.05) is 0 Å². The molecule has 1 aromatic heterocycles. The Morgan fingerprint density at radius 3 is 2.52 bits per heavy atom. The van der Waals surface area contributed by atoms with Crippen molar-refractivity contribution in [2.45, 2.75) is 6.42 Å². The van der Waals surface area contributed by atoms with Crippen molar-refractivity contribution >= 4 is 11.6 Å². The van der Waals surface area contributed by atoms with Crippen molar-refractivity contribution in [1.82, 2.24) is 9.55 Å². The van der Waals surface area contributed by atoms with E-state index in [1.54, 1.807) is 36.0 Å². The summed E-state index contributed by atoms with van der Waals surface area (Å²) in [6.45, 7) is 0. The topological polar surface area (TPSA) is 70.4 Å². The van der Waals surface area contributed by atoms with E-state index in [9.17, 15) is 9.59 Å². The second kappa shape index (κ2) is 6.21. The Balaban J connectivity index is 2.21. The zero-order valence-electron chi connectivity index (χ0n) is 12.1. The molecule has 0 aliphatic heterocycles. The number of benzene rings is 1. The second-order valence-electron chi connectivity index (χ2n) is 4.51. The van der Waals surface area contributed by atoms with Crippen molar-refractivity contribution in [3.8, 4) is 11.5 Å². The van der Waals surface area contributed by atoms with Gasteiger partial charge in [-0.1, -0.05) is 0 Å². The average Bonchev–Trinajstić information content (AvgIpc) is 2.93. The highest BCUT2D eigenvalue weighted by atomic mass is 16.5. The first kappa shape index (κ1) is 14.8. The summed E-state index contributed by atoms with van der Waals surface area (Å²) in [5.41, 5.74) is 0.592. The molecule has 2 rings (SSSR count). The predicted molar refractivity (Wildman–Crippen MR) is 76.0 cm³/mol. The Hall–Kier alpha value is -2.63. The van der Waals surface area contributed by atoms with Crippen LogP contribution in [0.5, 0.6) is 11.5 Å². The fraction of sp³-hybridized carbons (Fsp3) is 0.267. The quantitative estimate of drug-likeness (QED) is 0.599.